The molecule has 0 radical (unpaired) electrons. The van der Waals surface area contributed by atoms with Crippen molar-refractivity contribution in [3.8, 4) is 11.4 Å². The predicted octanol–water partition coefficient (Wildman–Crippen LogP) is 2.85. The number of benzene rings is 2. The van der Waals surface area contributed by atoms with E-state index >= 15 is 0 Å². The molecule has 3 aromatic rings. The van der Waals surface area contributed by atoms with Gasteiger partial charge in [0, 0.05) is 29.1 Å². The highest BCUT2D eigenvalue weighted by Gasteiger charge is 2.14. The van der Waals surface area contributed by atoms with E-state index in [0.29, 0.717) is 28.7 Å². The third-order valence-corrected chi connectivity index (χ3v) is 5.59. The predicted molar refractivity (Wildman–Crippen MR) is 102 cm³/mol. The highest BCUT2D eigenvalue weighted by molar-refractivity contribution is 7.89. The molecule has 0 bridgehead atoms. The Labute approximate surface area is 161 Å². The fourth-order valence-electron chi connectivity index (χ4n) is 2.39. The van der Waals surface area contributed by atoms with Gasteiger partial charge in [0.1, 0.15) is 5.82 Å². The molecule has 9 heteroatoms. The number of nitrogens with zero attached hydrogens (tertiary/aromatic N) is 2. The lowest BCUT2D eigenvalue weighted by Crippen LogP contribution is -2.26. The average molecular weight is 405 g/mol. The van der Waals surface area contributed by atoms with Crippen LogP contribution < -0.4 is 4.72 Å². The Bertz CT molecular complexity index is 1040. The third-order valence-electron chi connectivity index (χ3n) is 3.86. The highest BCUT2D eigenvalue weighted by atomic mass is 35.5. The zero-order valence-electron chi connectivity index (χ0n) is 14.4. The van der Waals surface area contributed by atoms with Crippen LogP contribution in [-0.4, -0.2) is 35.9 Å². The minimum atomic E-state index is -3.66. The third kappa shape index (κ3) is 4.79. The summed E-state index contributed by atoms with van der Waals surface area (Å²) in [4.78, 5) is 15.7. The Kier molecular flexibility index (Phi) is 5.69. The Balaban J connectivity index is 1.60. The van der Waals surface area contributed by atoms with Crippen molar-refractivity contribution in [2.75, 3.05) is 6.54 Å². The highest BCUT2D eigenvalue weighted by Crippen LogP contribution is 2.18. The number of rotatable bonds is 7. The van der Waals surface area contributed by atoms with Gasteiger partial charge in [-0.05, 0) is 43.3 Å². The fourth-order valence-corrected chi connectivity index (χ4v) is 3.55. The van der Waals surface area contributed by atoms with Gasteiger partial charge in [0.05, 0.1) is 4.90 Å². The fraction of sp³-hybridized carbons (Fsp3) is 0.167. The number of H-pyrrole nitrogens is 1. The van der Waals surface area contributed by atoms with Crippen molar-refractivity contribution in [2.24, 2.45) is 0 Å². The summed E-state index contributed by atoms with van der Waals surface area (Å²) < 4.78 is 27.1. The lowest BCUT2D eigenvalue weighted by molar-refractivity contribution is 0.101. The van der Waals surface area contributed by atoms with E-state index in [1.807, 2.05) is 12.1 Å². The Morgan fingerprint density at radius 2 is 1.78 bits per heavy atom. The molecule has 2 aromatic carbocycles. The van der Waals surface area contributed by atoms with Gasteiger partial charge in [0.2, 0.25) is 10.0 Å². The van der Waals surface area contributed by atoms with Gasteiger partial charge in [-0.2, -0.15) is 5.10 Å². The van der Waals surface area contributed by atoms with Crippen molar-refractivity contribution >= 4 is 27.4 Å². The van der Waals surface area contributed by atoms with Gasteiger partial charge >= 0.3 is 0 Å². The second-order valence-corrected chi connectivity index (χ2v) is 8.04. The number of sulfonamides is 1. The second kappa shape index (κ2) is 7.99. The number of hydrogen-bond acceptors (Lipinski definition) is 5. The van der Waals surface area contributed by atoms with Crippen LogP contribution in [0.1, 0.15) is 23.1 Å². The maximum absolute atomic E-state index is 12.3. The summed E-state index contributed by atoms with van der Waals surface area (Å²) in [7, 11) is -3.66. The minimum Gasteiger partial charge on any atom is -0.295 e. The first kappa shape index (κ1) is 19.2. The van der Waals surface area contributed by atoms with Gasteiger partial charge in [-0.3, -0.25) is 9.89 Å². The standard InChI is InChI=1S/C18H17ClN4O3S/c1-12(24)13-4-8-16(9-5-13)27(25,26)20-11-10-17-21-18(23-22-17)14-2-6-15(19)7-3-14/h2-9,20H,10-11H2,1H3,(H,21,22,23). The van der Waals surface area contributed by atoms with Crippen LogP contribution in [0, 0.1) is 0 Å². The Morgan fingerprint density at radius 3 is 2.41 bits per heavy atom. The molecule has 0 spiro atoms. The van der Waals surface area contributed by atoms with Gasteiger partial charge in [0.15, 0.2) is 11.6 Å². The summed E-state index contributed by atoms with van der Waals surface area (Å²) in [5.41, 5.74) is 1.28. The van der Waals surface area contributed by atoms with E-state index in [2.05, 4.69) is 19.9 Å². The number of aromatic nitrogens is 3. The number of nitrogens with one attached hydrogen (secondary N) is 2. The van der Waals surface area contributed by atoms with Crippen molar-refractivity contribution in [3.63, 3.8) is 0 Å². The first-order chi connectivity index (χ1) is 12.8. The first-order valence-electron chi connectivity index (χ1n) is 8.13. The van der Waals surface area contributed by atoms with Crippen LogP contribution in [0.15, 0.2) is 53.4 Å². The minimum absolute atomic E-state index is 0.104. The van der Waals surface area contributed by atoms with Gasteiger partial charge in [-0.15, -0.1) is 0 Å². The number of hydrogen-bond donors (Lipinski definition) is 2. The van der Waals surface area contributed by atoms with Crippen molar-refractivity contribution in [2.45, 2.75) is 18.2 Å². The van der Waals surface area contributed by atoms with Crippen LogP contribution >= 0.6 is 11.6 Å². The summed E-state index contributed by atoms with van der Waals surface area (Å²) in [5.74, 6) is 0.965. The molecule has 0 saturated carbocycles. The number of aromatic amines is 1. The molecule has 27 heavy (non-hydrogen) atoms. The molecule has 0 aliphatic carbocycles. The zero-order chi connectivity index (χ0) is 19.4. The normalized spacial score (nSPS) is 11.5. The van der Waals surface area contributed by atoms with E-state index in [1.165, 1.54) is 31.2 Å². The second-order valence-electron chi connectivity index (χ2n) is 5.84. The van der Waals surface area contributed by atoms with E-state index in [4.69, 9.17) is 11.6 Å². The molecule has 3 rings (SSSR count). The molecule has 0 fully saturated rings. The number of ketones is 1. The molecule has 0 atom stereocenters. The molecular weight excluding hydrogens is 388 g/mol. The molecular formula is C18H17ClN4O3S. The molecule has 0 aliphatic rings. The van der Waals surface area contributed by atoms with Crippen LogP contribution in [0.2, 0.25) is 5.02 Å². The van der Waals surface area contributed by atoms with Crippen LogP contribution in [-0.2, 0) is 16.4 Å². The number of Topliss-reactive ketones (excluding diaryl/α,β-unsaturated/α-hetero) is 1. The van der Waals surface area contributed by atoms with Crippen LogP contribution in [0.5, 0.6) is 0 Å². The average Bonchev–Trinajstić information content (AvgIpc) is 3.11. The number of carbonyl (C=O) groups excluding carboxylic acids is 1. The van der Waals surface area contributed by atoms with Gasteiger partial charge in [-0.25, -0.2) is 18.1 Å². The molecule has 1 aromatic heterocycles. The van der Waals surface area contributed by atoms with Crippen molar-refractivity contribution in [3.05, 3.63) is 64.9 Å². The van der Waals surface area contributed by atoms with Crippen LogP contribution in [0.25, 0.3) is 11.4 Å². The molecule has 0 aliphatic heterocycles. The molecule has 140 valence electrons. The summed E-state index contributed by atoms with van der Waals surface area (Å²) in [6.45, 7) is 1.59. The van der Waals surface area contributed by atoms with Crippen molar-refractivity contribution in [1.82, 2.24) is 19.9 Å². The van der Waals surface area contributed by atoms with Crippen LogP contribution in [0.3, 0.4) is 0 Å². The quantitative estimate of drug-likeness (QED) is 0.589. The zero-order valence-corrected chi connectivity index (χ0v) is 16.0. The van der Waals surface area contributed by atoms with E-state index in [9.17, 15) is 13.2 Å². The summed E-state index contributed by atoms with van der Waals surface area (Å²) in [5, 5.41) is 7.55. The molecule has 0 amide bonds. The topological polar surface area (TPSA) is 105 Å². The van der Waals surface area contributed by atoms with E-state index in [-0.39, 0.29) is 17.2 Å². The maximum atomic E-state index is 12.3. The van der Waals surface area contributed by atoms with Gasteiger partial charge in [-0.1, -0.05) is 23.7 Å². The Morgan fingerprint density at radius 1 is 1.11 bits per heavy atom. The van der Waals surface area contributed by atoms with Gasteiger partial charge < -0.3 is 0 Å². The monoisotopic (exact) mass is 404 g/mol. The number of carbonyl (C=O) groups is 1. The summed E-state index contributed by atoms with van der Waals surface area (Å²) >= 11 is 5.86. The lowest BCUT2D eigenvalue weighted by Gasteiger charge is -2.06. The summed E-state index contributed by atoms with van der Waals surface area (Å²) in [6, 6.07) is 12.9. The van der Waals surface area contributed by atoms with E-state index < -0.39 is 10.0 Å². The van der Waals surface area contributed by atoms with Gasteiger partial charge in [0.25, 0.3) is 0 Å². The van der Waals surface area contributed by atoms with E-state index in [1.54, 1.807) is 12.1 Å². The molecule has 2 N–H and O–H groups in total. The lowest BCUT2D eigenvalue weighted by atomic mass is 10.2. The first-order valence-corrected chi connectivity index (χ1v) is 9.99. The Hall–Kier alpha value is -2.55. The van der Waals surface area contributed by atoms with Crippen LogP contribution in [0.4, 0.5) is 0 Å². The SMILES string of the molecule is CC(=O)c1ccc(S(=O)(=O)NCCc2nc(-c3ccc(Cl)cc3)n[nH]2)cc1. The largest absolute Gasteiger partial charge is 0.295 e. The maximum Gasteiger partial charge on any atom is 0.240 e. The smallest absolute Gasteiger partial charge is 0.240 e. The van der Waals surface area contributed by atoms with Crippen molar-refractivity contribution < 1.29 is 13.2 Å². The number of halogens is 1. The molecule has 7 nitrogen and oxygen atoms in total. The van der Waals surface area contributed by atoms with E-state index in [0.717, 1.165) is 5.56 Å². The van der Waals surface area contributed by atoms with Crippen molar-refractivity contribution in [1.29, 1.82) is 0 Å². The summed E-state index contributed by atoms with van der Waals surface area (Å²) in [6.07, 6.45) is 0.353. The molecule has 1 heterocycles. The molecule has 0 saturated heterocycles. The molecule has 0 unspecified atom stereocenters.